The maximum Gasteiger partial charge on any atom is 0.237 e. The second-order valence-electron chi connectivity index (χ2n) is 3.31. The van der Waals surface area contributed by atoms with Gasteiger partial charge in [0.05, 0.1) is 4.47 Å². The number of hydrogen-bond acceptors (Lipinski definition) is 3. The summed E-state index contributed by atoms with van der Waals surface area (Å²) in [4.78, 5) is 7.69. The molecule has 6 heteroatoms. The lowest BCUT2D eigenvalue weighted by molar-refractivity contribution is 0.456. The minimum absolute atomic E-state index is 0.0852. The number of aromatic nitrogens is 2. The Balaban J connectivity index is 2.31. The van der Waals surface area contributed by atoms with Crippen molar-refractivity contribution in [2.45, 2.75) is 6.92 Å². The second-order valence-corrected chi connectivity index (χ2v) is 4.50. The van der Waals surface area contributed by atoms with E-state index in [1.54, 1.807) is 13.0 Å². The van der Waals surface area contributed by atoms with Crippen LogP contribution in [0.5, 0.6) is 11.6 Å². The maximum atomic E-state index is 13.1. The van der Waals surface area contributed by atoms with Crippen molar-refractivity contribution in [3.05, 3.63) is 45.5 Å². The maximum absolute atomic E-state index is 13.1. The van der Waals surface area contributed by atoms with Crippen molar-refractivity contribution in [3.8, 4) is 11.6 Å². The first-order valence-electron chi connectivity index (χ1n) is 4.68. The Morgan fingerprint density at radius 1 is 1.41 bits per heavy atom. The first-order valence-corrected chi connectivity index (χ1v) is 5.85. The standard InChI is InChI=1S/C11H7BrClFN2O/c1-6-4-7(2-3-9(6)14)17-10-8(12)5-15-11(13)16-10/h2-5H,1H3. The van der Waals surface area contributed by atoms with Crippen LogP contribution in [0.2, 0.25) is 5.28 Å². The number of rotatable bonds is 2. The molecule has 2 aromatic rings. The minimum Gasteiger partial charge on any atom is -0.438 e. The quantitative estimate of drug-likeness (QED) is 0.781. The number of ether oxygens (including phenoxy) is 1. The molecule has 0 radical (unpaired) electrons. The summed E-state index contributed by atoms with van der Waals surface area (Å²) in [6.07, 6.45) is 1.49. The molecule has 0 aliphatic heterocycles. The topological polar surface area (TPSA) is 35.0 Å². The lowest BCUT2D eigenvalue weighted by Gasteiger charge is -2.07. The molecule has 1 heterocycles. The molecule has 0 saturated carbocycles. The van der Waals surface area contributed by atoms with E-state index in [9.17, 15) is 4.39 Å². The third kappa shape index (κ3) is 2.92. The van der Waals surface area contributed by atoms with E-state index in [0.717, 1.165) is 0 Å². The molecule has 3 nitrogen and oxygen atoms in total. The zero-order valence-corrected chi connectivity index (χ0v) is 11.1. The summed E-state index contributed by atoms with van der Waals surface area (Å²) in [6.45, 7) is 1.66. The summed E-state index contributed by atoms with van der Waals surface area (Å²) < 4.78 is 19.1. The zero-order chi connectivity index (χ0) is 12.4. The predicted octanol–water partition coefficient (Wildman–Crippen LogP) is 4.13. The summed E-state index contributed by atoms with van der Waals surface area (Å²) in [5, 5.41) is 0.0852. The van der Waals surface area contributed by atoms with Gasteiger partial charge in [-0.2, -0.15) is 4.98 Å². The highest BCUT2D eigenvalue weighted by molar-refractivity contribution is 9.10. The molecule has 0 spiro atoms. The van der Waals surface area contributed by atoms with Gasteiger partial charge in [0.1, 0.15) is 11.6 Å². The lowest BCUT2D eigenvalue weighted by Crippen LogP contribution is -1.92. The summed E-state index contributed by atoms with van der Waals surface area (Å²) in [5.74, 6) is 0.493. The van der Waals surface area contributed by atoms with Crippen LogP contribution in [0.3, 0.4) is 0 Å². The van der Waals surface area contributed by atoms with Gasteiger partial charge in [-0.25, -0.2) is 9.37 Å². The fourth-order valence-corrected chi connectivity index (χ4v) is 1.59. The summed E-state index contributed by atoms with van der Waals surface area (Å²) in [5.41, 5.74) is 0.499. The van der Waals surface area contributed by atoms with Gasteiger partial charge in [-0.05, 0) is 58.2 Å². The first-order chi connectivity index (χ1) is 8.06. The van der Waals surface area contributed by atoms with Gasteiger partial charge in [-0.1, -0.05) is 0 Å². The highest BCUT2D eigenvalue weighted by Crippen LogP contribution is 2.28. The average molecular weight is 318 g/mol. The van der Waals surface area contributed by atoms with Crippen LogP contribution < -0.4 is 4.74 Å². The number of halogens is 3. The van der Waals surface area contributed by atoms with Gasteiger partial charge >= 0.3 is 0 Å². The highest BCUT2D eigenvalue weighted by atomic mass is 79.9. The van der Waals surface area contributed by atoms with E-state index in [1.165, 1.54) is 18.3 Å². The predicted molar refractivity (Wildman–Crippen MR) is 66.0 cm³/mol. The number of aryl methyl sites for hydroxylation is 1. The molecule has 0 unspecified atom stereocenters. The van der Waals surface area contributed by atoms with Crippen molar-refractivity contribution in [1.29, 1.82) is 0 Å². The molecule has 1 aromatic carbocycles. The molecule has 0 amide bonds. The zero-order valence-electron chi connectivity index (χ0n) is 8.75. The molecule has 0 aliphatic carbocycles. The van der Waals surface area contributed by atoms with Crippen molar-refractivity contribution < 1.29 is 9.13 Å². The van der Waals surface area contributed by atoms with Crippen LogP contribution in [-0.2, 0) is 0 Å². The Kier molecular flexibility index (Phi) is 3.59. The van der Waals surface area contributed by atoms with Gasteiger partial charge in [0.25, 0.3) is 0 Å². The van der Waals surface area contributed by atoms with E-state index in [-0.39, 0.29) is 17.0 Å². The highest BCUT2D eigenvalue weighted by Gasteiger charge is 2.07. The molecule has 0 saturated heterocycles. The van der Waals surface area contributed by atoms with E-state index in [2.05, 4.69) is 25.9 Å². The van der Waals surface area contributed by atoms with Crippen LogP contribution >= 0.6 is 27.5 Å². The number of benzene rings is 1. The van der Waals surface area contributed by atoms with Crippen LogP contribution in [0.4, 0.5) is 4.39 Å². The van der Waals surface area contributed by atoms with Crippen LogP contribution in [0.15, 0.2) is 28.9 Å². The summed E-state index contributed by atoms with van der Waals surface area (Å²) in [7, 11) is 0. The fraction of sp³-hybridized carbons (Fsp3) is 0.0909. The second kappa shape index (κ2) is 4.98. The Morgan fingerprint density at radius 3 is 2.88 bits per heavy atom. The van der Waals surface area contributed by atoms with E-state index >= 15 is 0 Å². The average Bonchev–Trinajstić information content (AvgIpc) is 2.29. The Labute approximate surface area is 111 Å². The third-order valence-corrected chi connectivity index (χ3v) is 2.75. The van der Waals surface area contributed by atoms with Gasteiger partial charge in [0, 0.05) is 6.20 Å². The van der Waals surface area contributed by atoms with Crippen LogP contribution in [0.1, 0.15) is 5.56 Å². The molecule has 88 valence electrons. The van der Waals surface area contributed by atoms with Crippen molar-refractivity contribution in [2.24, 2.45) is 0 Å². The molecule has 0 fully saturated rings. The SMILES string of the molecule is Cc1cc(Oc2nc(Cl)ncc2Br)ccc1F. The summed E-state index contributed by atoms with van der Waals surface area (Å²) >= 11 is 8.89. The molecular weight excluding hydrogens is 310 g/mol. The minimum atomic E-state index is -0.280. The van der Waals surface area contributed by atoms with Gasteiger partial charge in [0.2, 0.25) is 11.2 Å². The van der Waals surface area contributed by atoms with E-state index < -0.39 is 0 Å². The lowest BCUT2D eigenvalue weighted by atomic mass is 10.2. The first kappa shape index (κ1) is 12.3. The molecule has 0 aliphatic rings. The van der Waals surface area contributed by atoms with E-state index in [4.69, 9.17) is 16.3 Å². The molecule has 1 aromatic heterocycles. The molecule has 17 heavy (non-hydrogen) atoms. The Hall–Kier alpha value is -1.20. The van der Waals surface area contributed by atoms with Crippen LogP contribution in [0, 0.1) is 12.7 Å². The smallest absolute Gasteiger partial charge is 0.237 e. The third-order valence-electron chi connectivity index (χ3n) is 2.03. The van der Waals surface area contributed by atoms with Crippen LogP contribution in [0.25, 0.3) is 0 Å². The number of hydrogen-bond donors (Lipinski definition) is 0. The largest absolute Gasteiger partial charge is 0.438 e. The van der Waals surface area contributed by atoms with Crippen molar-refractivity contribution in [3.63, 3.8) is 0 Å². The van der Waals surface area contributed by atoms with Gasteiger partial charge in [-0.15, -0.1) is 0 Å². The van der Waals surface area contributed by atoms with Crippen molar-refractivity contribution in [1.82, 2.24) is 9.97 Å². The van der Waals surface area contributed by atoms with Crippen molar-refractivity contribution >= 4 is 27.5 Å². The monoisotopic (exact) mass is 316 g/mol. The molecule has 0 atom stereocenters. The van der Waals surface area contributed by atoms with Crippen molar-refractivity contribution in [2.75, 3.05) is 0 Å². The summed E-state index contributed by atoms with van der Waals surface area (Å²) in [6, 6.07) is 4.43. The van der Waals surface area contributed by atoms with Gasteiger partial charge in [-0.3, -0.25) is 0 Å². The van der Waals surface area contributed by atoms with Crippen LogP contribution in [-0.4, -0.2) is 9.97 Å². The van der Waals surface area contributed by atoms with Gasteiger partial charge in [0.15, 0.2) is 0 Å². The normalized spacial score (nSPS) is 10.4. The van der Waals surface area contributed by atoms with E-state index in [1.807, 2.05) is 0 Å². The molecule has 0 N–H and O–H groups in total. The molecular formula is C11H7BrClFN2O. The van der Waals surface area contributed by atoms with E-state index in [0.29, 0.717) is 15.8 Å². The van der Waals surface area contributed by atoms with Gasteiger partial charge < -0.3 is 4.74 Å². The molecule has 2 rings (SSSR count). The number of nitrogens with zero attached hydrogens (tertiary/aromatic N) is 2. The fourth-order valence-electron chi connectivity index (χ4n) is 1.20. The Bertz CT molecular complexity index is 565. The Morgan fingerprint density at radius 2 is 2.18 bits per heavy atom. The molecule has 0 bridgehead atoms.